The third-order valence-electron chi connectivity index (χ3n) is 3.13. The number of hydrazone groups is 1. The molecule has 1 atom stereocenters. The Labute approximate surface area is 126 Å². The number of nitrogens with one attached hydrogen (secondary N) is 1. The molecule has 22 heavy (non-hydrogen) atoms. The zero-order chi connectivity index (χ0) is 16.3. The molecule has 0 fully saturated rings. The van der Waals surface area contributed by atoms with Crippen molar-refractivity contribution in [2.45, 2.75) is 19.0 Å². The normalized spacial score (nSPS) is 18.0. The molecule has 0 saturated heterocycles. The highest BCUT2D eigenvalue weighted by molar-refractivity contribution is 6.06. The van der Waals surface area contributed by atoms with Crippen LogP contribution >= 0.6 is 0 Å². The van der Waals surface area contributed by atoms with Crippen molar-refractivity contribution in [2.75, 3.05) is 13.7 Å². The quantitative estimate of drug-likeness (QED) is 0.868. The molecule has 1 aliphatic heterocycles. The van der Waals surface area contributed by atoms with Crippen molar-refractivity contribution >= 4 is 11.8 Å². The monoisotopic (exact) mass is 308 g/mol. The van der Waals surface area contributed by atoms with Crippen molar-refractivity contribution in [3.05, 3.63) is 34.9 Å². The van der Waals surface area contributed by atoms with Gasteiger partial charge >= 0.3 is 6.09 Å². The second-order valence-corrected chi connectivity index (χ2v) is 4.70. The summed E-state index contributed by atoms with van der Waals surface area (Å²) < 4.78 is 37.4. The highest BCUT2D eigenvalue weighted by Crippen LogP contribution is 2.31. The number of alkyl halides is 2. The van der Waals surface area contributed by atoms with Gasteiger partial charge in [0.25, 0.3) is 5.92 Å². The van der Waals surface area contributed by atoms with Gasteiger partial charge in [-0.2, -0.15) is 13.9 Å². The topological polar surface area (TPSA) is 59.9 Å². The molecule has 0 unspecified atom stereocenters. The molecule has 1 heterocycles. The molecule has 1 aromatic carbocycles. The van der Waals surface area contributed by atoms with Gasteiger partial charge in [-0.25, -0.2) is 10.2 Å². The molecule has 116 valence electrons. The second kappa shape index (κ2) is 6.12. The summed E-state index contributed by atoms with van der Waals surface area (Å²) in [5.74, 6) is -0.950. The van der Waals surface area contributed by atoms with E-state index >= 15 is 0 Å². The summed E-state index contributed by atoms with van der Waals surface area (Å²) >= 11 is 0. The van der Waals surface area contributed by atoms with Crippen LogP contribution in [0.4, 0.5) is 13.6 Å². The number of nitrogens with zero attached hydrogens (tertiary/aromatic N) is 1. The van der Waals surface area contributed by atoms with E-state index in [2.05, 4.69) is 21.2 Å². The Balaban J connectivity index is 2.42. The lowest BCUT2D eigenvalue weighted by Crippen LogP contribution is -2.37. The minimum Gasteiger partial charge on any atom is -0.439 e. The van der Waals surface area contributed by atoms with E-state index in [9.17, 15) is 13.6 Å². The van der Waals surface area contributed by atoms with Crippen LogP contribution in [-0.2, 0) is 15.4 Å². The van der Waals surface area contributed by atoms with Gasteiger partial charge in [0.2, 0.25) is 0 Å². The van der Waals surface area contributed by atoms with Crippen LogP contribution in [0.2, 0.25) is 0 Å². The van der Waals surface area contributed by atoms with Crippen LogP contribution < -0.4 is 5.43 Å². The van der Waals surface area contributed by atoms with Crippen molar-refractivity contribution in [1.82, 2.24) is 5.43 Å². The highest BCUT2D eigenvalue weighted by atomic mass is 19.3. The SMILES string of the molecule is C#Cc1cc(C2=NNC(=O)O[C@H]2C)ccc1C(F)(F)COC. The molecule has 1 N–H and O–H groups in total. The van der Waals surface area contributed by atoms with Gasteiger partial charge in [0.05, 0.1) is 0 Å². The van der Waals surface area contributed by atoms with Gasteiger partial charge in [0, 0.05) is 23.8 Å². The minimum absolute atomic E-state index is 0.0337. The van der Waals surface area contributed by atoms with Gasteiger partial charge in [-0.05, 0) is 13.0 Å². The number of benzene rings is 1. The number of hydrogen-bond acceptors (Lipinski definition) is 4. The first-order valence-electron chi connectivity index (χ1n) is 6.41. The molecule has 0 bridgehead atoms. The number of terminal acetylenes is 1. The molecule has 0 aliphatic carbocycles. The van der Waals surface area contributed by atoms with Crippen LogP contribution in [-0.4, -0.2) is 31.6 Å². The number of rotatable bonds is 4. The molecule has 0 saturated carbocycles. The third kappa shape index (κ3) is 3.07. The number of methoxy groups -OCH3 is 1. The zero-order valence-electron chi connectivity index (χ0n) is 12.0. The Bertz CT molecular complexity index is 665. The number of halogens is 2. The fourth-order valence-electron chi connectivity index (χ4n) is 2.14. The van der Waals surface area contributed by atoms with E-state index in [-0.39, 0.29) is 11.1 Å². The van der Waals surface area contributed by atoms with E-state index in [1.54, 1.807) is 6.92 Å². The molecule has 0 aromatic heterocycles. The lowest BCUT2D eigenvalue weighted by molar-refractivity contribution is -0.0699. The molecule has 7 heteroatoms. The predicted octanol–water partition coefficient (Wildman–Crippen LogP) is 2.24. The van der Waals surface area contributed by atoms with Crippen molar-refractivity contribution in [3.8, 4) is 12.3 Å². The van der Waals surface area contributed by atoms with Gasteiger partial charge in [-0.1, -0.05) is 18.1 Å². The molecule has 0 radical (unpaired) electrons. The number of hydrogen-bond donors (Lipinski definition) is 1. The van der Waals surface area contributed by atoms with Crippen LogP contribution in [0.1, 0.15) is 23.6 Å². The van der Waals surface area contributed by atoms with Crippen molar-refractivity contribution < 1.29 is 23.0 Å². The van der Waals surface area contributed by atoms with Crippen LogP contribution in [0.3, 0.4) is 0 Å². The first-order chi connectivity index (χ1) is 10.4. The average molecular weight is 308 g/mol. The molecular formula is C15H14F2N2O3. The van der Waals surface area contributed by atoms with Crippen LogP contribution in [0, 0.1) is 12.3 Å². The van der Waals surface area contributed by atoms with E-state index in [0.717, 1.165) is 0 Å². The third-order valence-corrected chi connectivity index (χ3v) is 3.13. The van der Waals surface area contributed by atoms with Gasteiger partial charge in [0.1, 0.15) is 18.4 Å². The molecular weight excluding hydrogens is 294 g/mol. The Morgan fingerprint density at radius 3 is 2.86 bits per heavy atom. The number of carbonyl (C=O) groups is 1. The summed E-state index contributed by atoms with van der Waals surface area (Å²) in [6.07, 6.45) is 4.06. The summed E-state index contributed by atoms with van der Waals surface area (Å²) in [6, 6.07) is 4.10. The first-order valence-corrected chi connectivity index (χ1v) is 6.41. The molecule has 2 rings (SSSR count). The molecule has 0 spiro atoms. The first kappa shape index (κ1) is 15.9. The lowest BCUT2D eigenvalue weighted by Gasteiger charge is -2.22. The van der Waals surface area contributed by atoms with Crippen LogP contribution in [0.15, 0.2) is 23.3 Å². The highest BCUT2D eigenvalue weighted by Gasteiger charge is 2.34. The minimum atomic E-state index is -3.19. The Hall–Kier alpha value is -2.46. The average Bonchev–Trinajstić information content (AvgIpc) is 2.46. The fourth-order valence-corrected chi connectivity index (χ4v) is 2.14. The largest absolute Gasteiger partial charge is 0.439 e. The van der Waals surface area contributed by atoms with E-state index in [1.807, 2.05) is 0 Å². The van der Waals surface area contributed by atoms with Crippen LogP contribution in [0.5, 0.6) is 0 Å². The summed E-state index contributed by atoms with van der Waals surface area (Å²) in [5.41, 5.74) is 2.81. The number of amides is 1. The maximum absolute atomic E-state index is 14.0. The summed E-state index contributed by atoms with van der Waals surface area (Å²) in [6.45, 7) is 0.859. The Kier molecular flexibility index (Phi) is 4.43. The Morgan fingerprint density at radius 1 is 1.55 bits per heavy atom. The standard InChI is InChI=1S/C15H14F2N2O3/c1-4-10-7-11(13-9(2)22-14(20)19-18-13)5-6-12(10)15(16,17)8-21-3/h1,5-7,9H,8H2,2-3H3,(H,19,20)/t9-/m0/s1. The summed E-state index contributed by atoms with van der Waals surface area (Å²) in [5, 5.41) is 3.88. The Morgan fingerprint density at radius 2 is 2.27 bits per heavy atom. The van der Waals surface area contributed by atoms with E-state index < -0.39 is 24.7 Å². The maximum atomic E-state index is 14.0. The fraction of sp³-hybridized carbons (Fsp3) is 0.333. The molecule has 1 aromatic rings. The summed E-state index contributed by atoms with van der Waals surface area (Å²) in [7, 11) is 1.19. The lowest BCUT2D eigenvalue weighted by atomic mass is 9.96. The number of carbonyl (C=O) groups excluding carboxylic acids is 1. The van der Waals surface area contributed by atoms with Gasteiger partial charge in [-0.3, -0.25) is 0 Å². The van der Waals surface area contributed by atoms with Gasteiger partial charge < -0.3 is 9.47 Å². The van der Waals surface area contributed by atoms with Crippen molar-refractivity contribution in [2.24, 2.45) is 5.10 Å². The summed E-state index contributed by atoms with van der Waals surface area (Å²) in [4.78, 5) is 11.0. The van der Waals surface area contributed by atoms with E-state index in [4.69, 9.17) is 11.2 Å². The smallest absolute Gasteiger partial charge is 0.428 e. The molecule has 1 aliphatic rings. The van der Waals surface area contributed by atoms with E-state index in [0.29, 0.717) is 11.3 Å². The zero-order valence-corrected chi connectivity index (χ0v) is 12.0. The van der Waals surface area contributed by atoms with Crippen molar-refractivity contribution in [1.29, 1.82) is 0 Å². The maximum Gasteiger partial charge on any atom is 0.428 e. The van der Waals surface area contributed by atoms with Gasteiger partial charge in [0.15, 0.2) is 0 Å². The number of ether oxygens (including phenoxy) is 2. The van der Waals surface area contributed by atoms with Crippen molar-refractivity contribution in [3.63, 3.8) is 0 Å². The van der Waals surface area contributed by atoms with Gasteiger partial charge in [-0.15, -0.1) is 6.42 Å². The van der Waals surface area contributed by atoms with Crippen LogP contribution in [0.25, 0.3) is 0 Å². The molecule has 5 nitrogen and oxygen atoms in total. The molecule has 1 amide bonds. The van der Waals surface area contributed by atoms with E-state index in [1.165, 1.54) is 25.3 Å². The second-order valence-electron chi connectivity index (χ2n) is 4.70. The number of cyclic esters (lactones) is 1. The predicted molar refractivity (Wildman–Crippen MR) is 75.8 cm³/mol.